The van der Waals surface area contributed by atoms with E-state index in [-0.39, 0.29) is 22.9 Å². The lowest BCUT2D eigenvalue weighted by atomic mass is 9.85. The van der Waals surface area contributed by atoms with Gasteiger partial charge in [0, 0.05) is 32.1 Å². The first-order chi connectivity index (χ1) is 12.7. The smallest absolute Gasteiger partial charge is 0.343 e. The standard InChI is InChI=1S/C19H20FN3O4/c1-10-5-6-13(12(20)7-10)21-14-8-15(24)23(3)18-16(14)17(25)11(9-22(18)2)19(26)27-4/h5-9,16,18,21H,1-4H3. The maximum Gasteiger partial charge on any atom is 0.343 e. The molecule has 0 spiro atoms. The van der Waals surface area contributed by atoms with Gasteiger partial charge in [-0.25, -0.2) is 9.18 Å². The van der Waals surface area contributed by atoms with Crippen LogP contribution < -0.4 is 5.32 Å². The van der Waals surface area contributed by atoms with Crippen LogP contribution in [0, 0.1) is 18.7 Å². The highest BCUT2D eigenvalue weighted by Gasteiger charge is 2.47. The number of halogens is 1. The lowest BCUT2D eigenvalue weighted by Gasteiger charge is -2.45. The molecule has 7 nitrogen and oxygen atoms in total. The van der Waals surface area contributed by atoms with Crippen LogP contribution in [0.25, 0.3) is 0 Å². The van der Waals surface area contributed by atoms with E-state index in [0.717, 1.165) is 5.56 Å². The van der Waals surface area contributed by atoms with E-state index >= 15 is 0 Å². The van der Waals surface area contributed by atoms with Crippen LogP contribution >= 0.6 is 0 Å². The molecule has 0 saturated heterocycles. The van der Waals surface area contributed by atoms with Gasteiger partial charge in [-0.05, 0) is 24.6 Å². The quantitative estimate of drug-likeness (QED) is 0.638. The zero-order valence-electron chi connectivity index (χ0n) is 15.4. The molecule has 8 heteroatoms. The van der Waals surface area contributed by atoms with Gasteiger partial charge in [0.25, 0.3) is 0 Å². The van der Waals surface area contributed by atoms with Gasteiger partial charge in [0.15, 0.2) is 5.78 Å². The first-order valence-corrected chi connectivity index (χ1v) is 8.32. The number of benzene rings is 1. The molecule has 2 atom stereocenters. The second-order valence-corrected chi connectivity index (χ2v) is 6.61. The van der Waals surface area contributed by atoms with E-state index < -0.39 is 29.7 Å². The third-order valence-electron chi connectivity index (χ3n) is 4.76. The molecule has 2 aliphatic rings. The fourth-order valence-corrected chi connectivity index (χ4v) is 3.39. The fraction of sp³-hybridized carbons (Fsp3) is 0.316. The molecular weight excluding hydrogens is 353 g/mol. The first kappa shape index (κ1) is 18.6. The van der Waals surface area contributed by atoms with Gasteiger partial charge in [0.05, 0.1) is 12.8 Å². The summed E-state index contributed by atoms with van der Waals surface area (Å²) in [6.07, 6.45) is 1.99. The number of carbonyl (C=O) groups excluding carboxylic acids is 3. The Morgan fingerprint density at radius 1 is 1.26 bits per heavy atom. The normalized spacial score (nSPS) is 22.1. The minimum atomic E-state index is -0.877. The molecule has 0 fully saturated rings. The third-order valence-corrected chi connectivity index (χ3v) is 4.76. The van der Waals surface area contributed by atoms with Crippen LogP contribution in [-0.2, 0) is 19.1 Å². The second-order valence-electron chi connectivity index (χ2n) is 6.61. The molecule has 0 radical (unpaired) electrons. The monoisotopic (exact) mass is 373 g/mol. The zero-order chi connectivity index (χ0) is 19.9. The number of anilines is 1. The summed E-state index contributed by atoms with van der Waals surface area (Å²) in [6.45, 7) is 1.76. The van der Waals surface area contributed by atoms with Gasteiger partial charge in [0.1, 0.15) is 23.5 Å². The van der Waals surface area contributed by atoms with Gasteiger partial charge in [0.2, 0.25) is 5.91 Å². The lowest BCUT2D eigenvalue weighted by Crippen LogP contribution is -2.58. The highest BCUT2D eigenvalue weighted by Crippen LogP contribution is 2.34. The number of rotatable bonds is 3. The number of ether oxygens (including phenoxy) is 1. The Balaban J connectivity index is 2.04. The molecule has 1 N–H and O–H groups in total. The third kappa shape index (κ3) is 3.18. The number of nitrogens with zero attached hydrogens (tertiary/aromatic N) is 2. The van der Waals surface area contributed by atoms with Crippen molar-refractivity contribution in [1.29, 1.82) is 0 Å². The van der Waals surface area contributed by atoms with Gasteiger partial charge in [-0.2, -0.15) is 0 Å². The molecular formula is C19H20FN3O4. The summed E-state index contributed by atoms with van der Waals surface area (Å²) in [5.41, 5.74) is 1.000. The summed E-state index contributed by atoms with van der Waals surface area (Å²) in [5.74, 6) is -2.96. The number of fused-ring (bicyclic) bond motifs is 1. The Bertz CT molecular complexity index is 893. The molecule has 0 aliphatic carbocycles. The number of nitrogens with one attached hydrogen (secondary N) is 1. The molecule has 1 aromatic carbocycles. The fourth-order valence-electron chi connectivity index (χ4n) is 3.39. The largest absolute Gasteiger partial charge is 0.465 e. The van der Waals surface area contributed by atoms with Crippen molar-refractivity contribution in [2.75, 3.05) is 26.5 Å². The molecule has 0 bridgehead atoms. The van der Waals surface area contributed by atoms with E-state index in [1.165, 1.54) is 36.4 Å². The van der Waals surface area contributed by atoms with Crippen molar-refractivity contribution in [1.82, 2.24) is 9.80 Å². The summed E-state index contributed by atoms with van der Waals surface area (Å²) in [7, 11) is 4.42. The summed E-state index contributed by atoms with van der Waals surface area (Å²) < 4.78 is 19.0. The van der Waals surface area contributed by atoms with Crippen molar-refractivity contribution < 1.29 is 23.5 Å². The number of carbonyl (C=O) groups is 3. The summed E-state index contributed by atoms with van der Waals surface area (Å²) in [4.78, 5) is 40.4. The van der Waals surface area contributed by atoms with Gasteiger partial charge < -0.3 is 19.9 Å². The highest BCUT2D eigenvalue weighted by atomic mass is 19.1. The average Bonchev–Trinajstić information content (AvgIpc) is 2.62. The van der Waals surface area contributed by atoms with Crippen molar-refractivity contribution in [2.45, 2.75) is 13.1 Å². The summed E-state index contributed by atoms with van der Waals surface area (Å²) in [5, 5.41) is 2.87. The SMILES string of the molecule is COC(=O)C1=CN(C)C2C(C1=O)C(Nc1ccc(C)cc1F)=CC(=O)N2C. The molecule has 1 aromatic rings. The number of hydrogen-bond donors (Lipinski definition) is 1. The molecule has 2 unspecified atom stereocenters. The van der Waals surface area contributed by atoms with E-state index in [1.54, 1.807) is 32.0 Å². The van der Waals surface area contributed by atoms with Gasteiger partial charge in [-0.3, -0.25) is 9.59 Å². The Morgan fingerprint density at radius 2 is 1.96 bits per heavy atom. The maximum atomic E-state index is 14.3. The topological polar surface area (TPSA) is 79.0 Å². The number of amides is 1. The predicted octanol–water partition coefficient (Wildman–Crippen LogP) is 1.42. The van der Waals surface area contributed by atoms with E-state index in [9.17, 15) is 18.8 Å². The molecule has 2 heterocycles. The van der Waals surface area contributed by atoms with Crippen molar-refractivity contribution in [3.63, 3.8) is 0 Å². The van der Waals surface area contributed by atoms with Crippen molar-refractivity contribution in [3.05, 3.63) is 53.1 Å². The van der Waals surface area contributed by atoms with Gasteiger partial charge >= 0.3 is 5.97 Å². The second kappa shape index (κ2) is 6.86. The van der Waals surface area contributed by atoms with Crippen LogP contribution in [0.3, 0.4) is 0 Å². The zero-order valence-corrected chi connectivity index (χ0v) is 15.4. The van der Waals surface area contributed by atoms with Crippen LogP contribution in [-0.4, -0.2) is 54.8 Å². The van der Waals surface area contributed by atoms with Gasteiger partial charge in [-0.15, -0.1) is 0 Å². The molecule has 0 saturated carbocycles. The Morgan fingerprint density at radius 3 is 2.59 bits per heavy atom. The van der Waals surface area contributed by atoms with Crippen LogP contribution in [0.5, 0.6) is 0 Å². The number of hydrogen-bond acceptors (Lipinski definition) is 6. The predicted molar refractivity (Wildman–Crippen MR) is 95.8 cm³/mol. The molecule has 142 valence electrons. The number of Topliss-reactive ketones (excluding diaryl/α,β-unsaturated/α-hetero) is 1. The number of aryl methyl sites for hydroxylation is 1. The molecule has 3 rings (SSSR count). The number of methoxy groups -OCH3 is 1. The maximum absolute atomic E-state index is 14.3. The van der Waals surface area contributed by atoms with Crippen LogP contribution in [0.4, 0.5) is 10.1 Å². The van der Waals surface area contributed by atoms with E-state index in [0.29, 0.717) is 0 Å². The van der Waals surface area contributed by atoms with Crippen LogP contribution in [0.15, 0.2) is 41.7 Å². The summed E-state index contributed by atoms with van der Waals surface area (Å²) in [6, 6.07) is 4.61. The molecule has 0 aromatic heterocycles. The Hall–Kier alpha value is -3.16. The Labute approximate surface area is 156 Å². The number of esters is 1. The Kier molecular flexibility index (Phi) is 4.73. The van der Waals surface area contributed by atoms with Crippen molar-refractivity contribution in [2.24, 2.45) is 5.92 Å². The van der Waals surface area contributed by atoms with E-state index in [2.05, 4.69) is 10.1 Å². The number of likely N-dealkylation sites (N-methyl/N-ethyl adjacent to an activating group) is 1. The first-order valence-electron chi connectivity index (χ1n) is 8.32. The highest BCUT2D eigenvalue weighted by molar-refractivity contribution is 6.20. The molecule has 27 heavy (non-hydrogen) atoms. The van der Waals surface area contributed by atoms with E-state index in [4.69, 9.17) is 0 Å². The molecule has 1 amide bonds. The van der Waals surface area contributed by atoms with Crippen LogP contribution in [0.1, 0.15) is 5.56 Å². The number of ketones is 1. The van der Waals surface area contributed by atoms with Gasteiger partial charge in [-0.1, -0.05) is 6.07 Å². The molecule has 2 aliphatic heterocycles. The van der Waals surface area contributed by atoms with Crippen molar-refractivity contribution in [3.8, 4) is 0 Å². The lowest BCUT2D eigenvalue weighted by molar-refractivity contribution is -0.141. The minimum absolute atomic E-state index is 0.124. The van der Waals surface area contributed by atoms with Crippen molar-refractivity contribution >= 4 is 23.3 Å². The average molecular weight is 373 g/mol. The minimum Gasteiger partial charge on any atom is -0.465 e. The van der Waals surface area contributed by atoms with E-state index in [1.807, 2.05) is 0 Å². The summed E-state index contributed by atoms with van der Waals surface area (Å²) >= 11 is 0. The van der Waals surface area contributed by atoms with Crippen LogP contribution in [0.2, 0.25) is 0 Å².